The molecule has 0 aromatic heterocycles. The van der Waals surface area contributed by atoms with Crippen molar-refractivity contribution in [2.24, 2.45) is 0 Å². The van der Waals surface area contributed by atoms with Crippen LogP contribution in [0.4, 0.5) is 11.4 Å². The van der Waals surface area contributed by atoms with Crippen LogP contribution in [0.5, 0.6) is 5.75 Å². The summed E-state index contributed by atoms with van der Waals surface area (Å²) in [5.41, 5.74) is 19.1. The first-order valence-electron chi connectivity index (χ1n) is 7.37. The SMILES string of the molecule is Nc1cc2c(c(-c3c(N)c(I)cc4c3CCC4=O)c1I)CCO2. The molecule has 0 bridgehead atoms. The van der Waals surface area contributed by atoms with Crippen molar-refractivity contribution in [2.45, 2.75) is 19.3 Å². The smallest absolute Gasteiger partial charge is 0.163 e. The lowest BCUT2D eigenvalue weighted by molar-refractivity contribution is 0.0994. The Balaban J connectivity index is 2.12. The molecule has 2 aromatic rings. The van der Waals surface area contributed by atoms with E-state index in [0.29, 0.717) is 18.7 Å². The number of nitrogens with two attached hydrogens (primary N) is 2. The second kappa shape index (κ2) is 5.51. The summed E-state index contributed by atoms with van der Waals surface area (Å²) in [6, 6.07) is 3.81. The van der Waals surface area contributed by atoms with E-state index >= 15 is 0 Å². The first-order valence-corrected chi connectivity index (χ1v) is 9.53. The van der Waals surface area contributed by atoms with Gasteiger partial charge < -0.3 is 16.2 Å². The normalized spacial score (nSPS) is 15.5. The lowest BCUT2D eigenvalue weighted by atomic mass is 9.90. The van der Waals surface area contributed by atoms with Crippen molar-refractivity contribution in [1.82, 2.24) is 0 Å². The molecule has 4 nitrogen and oxygen atoms in total. The van der Waals surface area contributed by atoms with Gasteiger partial charge in [-0.15, -0.1) is 0 Å². The molecule has 0 atom stereocenters. The first-order chi connectivity index (χ1) is 11.0. The molecule has 6 heteroatoms. The second-order valence-electron chi connectivity index (χ2n) is 5.83. The molecule has 0 fully saturated rings. The van der Waals surface area contributed by atoms with Gasteiger partial charge >= 0.3 is 0 Å². The molecule has 1 aliphatic heterocycles. The van der Waals surface area contributed by atoms with Crippen LogP contribution in [0, 0.1) is 7.14 Å². The highest BCUT2D eigenvalue weighted by molar-refractivity contribution is 14.1. The average molecular weight is 532 g/mol. The summed E-state index contributed by atoms with van der Waals surface area (Å²) in [5.74, 6) is 1.04. The molecule has 0 radical (unpaired) electrons. The number of carbonyl (C=O) groups is 1. The van der Waals surface area contributed by atoms with Crippen molar-refractivity contribution < 1.29 is 9.53 Å². The molecule has 1 heterocycles. The van der Waals surface area contributed by atoms with Gasteiger partial charge in [0.25, 0.3) is 0 Å². The van der Waals surface area contributed by atoms with E-state index in [1.54, 1.807) is 0 Å². The Labute approximate surface area is 161 Å². The molecule has 2 aromatic carbocycles. The van der Waals surface area contributed by atoms with Gasteiger partial charge in [-0.25, -0.2) is 0 Å². The van der Waals surface area contributed by atoms with Crippen molar-refractivity contribution in [3.63, 3.8) is 0 Å². The number of anilines is 2. The zero-order chi connectivity index (χ0) is 16.3. The fourth-order valence-electron chi connectivity index (χ4n) is 3.47. The number of carbonyl (C=O) groups excluding carboxylic acids is 1. The summed E-state index contributed by atoms with van der Waals surface area (Å²) < 4.78 is 7.62. The molecule has 4 rings (SSSR count). The highest BCUT2D eigenvalue weighted by atomic mass is 127. The monoisotopic (exact) mass is 532 g/mol. The number of benzene rings is 2. The van der Waals surface area contributed by atoms with Gasteiger partial charge in [-0.05, 0) is 63.2 Å². The fourth-order valence-corrected chi connectivity index (χ4v) is 4.80. The van der Waals surface area contributed by atoms with Gasteiger partial charge in [-0.1, -0.05) is 0 Å². The van der Waals surface area contributed by atoms with Gasteiger partial charge in [0.1, 0.15) is 5.75 Å². The van der Waals surface area contributed by atoms with Crippen molar-refractivity contribution in [1.29, 1.82) is 0 Å². The van der Waals surface area contributed by atoms with Gasteiger partial charge in [0.05, 0.1) is 12.3 Å². The van der Waals surface area contributed by atoms with E-state index in [1.807, 2.05) is 12.1 Å². The summed E-state index contributed by atoms with van der Waals surface area (Å²) in [6.45, 7) is 0.660. The predicted molar refractivity (Wildman–Crippen MR) is 108 cm³/mol. The zero-order valence-electron chi connectivity index (χ0n) is 12.2. The number of hydrogen-bond donors (Lipinski definition) is 2. The minimum absolute atomic E-state index is 0.200. The van der Waals surface area contributed by atoms with Crippen molar-refractivity contribution >= 4 is 62.3 Å². The molecule has 0 saturated heterocycles. The molecular formula is C17H14I2N2O2. The Morgan fingerprint density at radius 3 is 2.57 bits per heavy atom. The van der Waals surface area contributed by atoms with Gasteiger partial charge in [0, 0.05) is 54.0 Å². The quantitative estimate of drug-likeness (QED) is 0.433. The minimum atomic E-state index is 0.200. The molecule has 1 aliphatic carbocycles. The highest BCUT2D eigenvalue weighted by Gasteiger charge is 2.30. The molecule has 23 heavy (non-hydrogen) atoms. The van der Waals surface area contributed by atoms with Crippen LogP contribution in [-0.2, 0) is 12.8 Å². The topological polar surface area (TPSA) is 78.3 Å². The van der Waals surface area contributed by atoms with Crippen LogP contribution in [0.1, 0.15) is 27.9 Å². The van der Waals surface area contributed by atoms with Crippen molar-refractivity contribution in [3.8, 4) is 16.9 Å². The summed E-state index contributed by atoms with van der Waals surface area (Å²) in [6.07, 6.45) is 2.14. The molecular weight excluding hydrogens is 518 g/mol. The maximum Gasteiger partial charge on any atom is 0.163 e. The molecule has 118 valence electrons. The summed E-state index contributed by atoms with van der Waals surface area (Å²) in [4.78, 5) is 12.2. The zero-order valence-corrected chi connectivity index (χ0v) is 16.5. The minimum Gasteiger partial charge on any atom is -0.493 e. The van der Waals surface area contributed by atoms with Crippen LogP contribution in [-0.4, -0.2) is 12.4 Å². The van der Waals surface area contributed by atoms with E-state index in [9.17, 15) is 4.79 Å². The number of hydrogen-bond acceptors (Lipinski definition) is 4. The molecule has 4 N–H and O–H groups in total. The van der Waals surface area contributed by atoms with Crippen LogP contribution in [0.2, 0.25) is 0 Å². The van der Waals surface area contributed by atoms with E-state index in [2.05, 4.69) is 45.2 Å². The Morgan fingerprint density at radius 1 is 1.00 bits per heavy atom. The van der Waals surface area contributed by atoms with Crippen LogP contribution in [0.15, 0.2) is 12.1 Å². The Morgan fingerprint density at radius 2 is 1.78 bits per heavy atom. The van der Waals surface area contributed by atoms with E-state index in [4.69, 9.17) is 16.2 Å². The maximum absolute atomic E-state index is 12.2. The summed E-state index contributed by atoms with van der Waals surface area (Å²) in [5, 5.41) is 0. The van der Waals surface area contributed by atoms with Gasteiger partial charge in [-0.3, -0.25) is 4.79 Å². The lowest BCUT2D eigenvalue weighted by Crippen LogP contribution is -2.05. The standard InChI is InChI=1S/C17H14I2N2O2/c18-10-5-9-7(1-2-12(9)22)15(17(10)21)14-8-3-4-23-13(8)6-11(20)16(14)19/h5-6H,1-4,20-21H2. The molecule has 0 saturated carbocycles. The van der Waals surface area contributed by atoms with Crippen molar-refractivity contribution in [2.75, 3.05) is 18.1 Å². The molecule has 0 unspecified atom stereocenters. The maximum atomic E-state index is 12.2. The van der Waals surface area contributed by atoms with E-state index < -0.39 is 0 Å². The third-order valence-electron chi connectivity index (χ3n) is 4.55. The largest absolute Gasteiger partial charge is 0.493 e. The highest BCUT2D eigenvalue weighted by Crippen LogP contribution is 2.47. The van der Waals surface area contributed by atoms with Gasteiger partial charge in [-0.2, -0.15) is 0 Å². The van der Waals surface area contributed by atoms with Gasteiger partial charge in [0.15, 0.2) is 5.78 Å². The average Bonchev–Trinajstić information content (AvgIpc) is 3.11. The van der Waals surface area contributed by atoms with E-state index in [0.717, 1.165) is 59.2 Å². The van der Waals surface area contributed by atoms with E-state index in [1.165, 1.54) is 0 Å². The molecule has 0 spiro atoms. The van der Waals surface area contributed by atoms with E-state index in [-0.39, 0.29) is 5.78 Å². The Kier molecular flexibility index (Phi) is 3.71. The third kappa shape index (κ3) is 2.25. The predicted octanol–water partition coefficient (Wildman–Crippen LogP) is 3.79. The van der Waals surface area contributed by atoms with Crippen LogP contribution in [0.3, 0.4) is 0 Å². The van der Waals surface area contributed by atoms with Crippen LogP contribution < -0.4 is 16.2 Å². The Hall–Kier alpha value is -1.03. The van der Waals surface area contributed by atoms with Gasteiger partial charge in [0.2, 0.25) is 0 Å². The number of ether oxygens (including phenoxy) is 1. The number of nitrogen functional groups attached to an aromatic ring is 2. The molecule has 2 aliphatic rings. The number of rotatable bonds is 1. The number of halogens is 2. The van der Waals surface area contributed by atoms with Crippen LogP contribution >= 0.6 is 45.2 Å². The lowest BCUT2D eigenvalue weighted by Gasteiger charge is -2.19. The summed E-state index contributed by atoms with van der Waals surface area (Å²) >= 11 is 4.48. The second-order valence-corrected chi connectivity index (χ2v) is 8.07. The summed E-state index contributed by atoms with van der Waals surface area (Å²) in [7, 11) is 0. The fraction of sp³-hybridized carbons (Fsp3) is 0.235. The number of ketones is 1. The molecule has 0 amide bonds. The first kappa shape index (κ1) is 15.5. The number of Topliss-reactive ketones (excluding diaryl/α,β-unsaturated/α-hetero) is 1. The third-order valence-corrected chi connectivity index (χ3v) is 6.60. The number of fused-ring (bicyclic) bond motifs is 2. The van der Waals surface area contributed by atoms with Crippen LogP contribution in [0.25, 0.3) is 11.1 Å². The van der Waals surface area contributed by atoms with Crippen molar-refractivity contribution in [3.05, 3.63) is 36.0 Å². The Bertz CT molecular complexity index is 878.